The van der Waals surface area contributed by atoms with E-state index in [0.717, 1.165) is 75.6 Å². The zero-order chi connectivity index (χ0) is 28.8. The molecule has 0 saturated carbocycles. The van der Waals surface area contributed by atoms with E-state index in [9.17, 15) is 8.78 Å². The summed E-state index contributed by atoms with van der Waals surface area (Å²) in [7, 11) is 1.69. The van der Waals surface area contributed by atoms with Crippen LogP contribution < -0.4 is 10.2 Å². The lowest BCUT2D eigenvalue weighted by atomic mass is 9.97. The van der Waals surface area contributed by atoms with Gasteiger partial charge in [0.1, 0.15) is 5.69 Å². The van der Waals surface area contributed by atoms with Crippen LogP contribution in [0.4, 0.5) is 14.5 Å². The Labute approximate surface area is 237 Å². The minimum atomic E-state index is -0.834. The number of hydrogen-bond acceptors (Lipinski definition) is 7. The molecule has 0 radical (unpaired) electrons. The number of rotatable bonds is 9. The minimum absolute atomic E-state index is 0.440. The lowest BCUT2D eigenvalue weighted by Crippen LogP contribution is -2.58. The molecule has 2 aromatic rings. The van der Waals surface area contributed by atoms with Gasteiger partial charge in [-0.2, -0.15) is 0 Å². The van der Waals surface area contributed by atoms with Crippen molar-refractivity contribution in [2.45, 2.75) is 52.1 Å². The molecule has 2 saturated heterocycles. The van der Waals surface area contributed by atoms with E-state index in [-0.39, 0.29) is 0 Å². The summed E-state index contributed by atoms with van der Waals surface area (Å²) in [6.45, 7) is 19.6. The number of aryl methyl sites for hydroxylation is 1. The summed E-state index contributed by atoms with van der Waals surface area (Å²) >= 11 is 0. The number of likely N-dealkylation sites (tertiary alicyclic amines) is 1. The van der Waals surface area contributed by atoms with E-state index < -0.39 is 11.6 Å². The van der Waals surface area contributed by atoms with Gasteiger partial charge in [0.2, 0.25) is 5.90 Å². The number of nitrogens with zero attached hydrogens (tertiary/aromatic N) is 5. The lowest BCUT2D eigenvalue weighted by Gasteiger charge is -2.48. The number of nitrogens with one attached hydrogen (secondary N) is 1. The summed E-state index contributed by atoms with van der Waals surface area (Å²) in [5, 5.41) is 3.05. The number of halogens is 2. The lowest BCUT2D eigenvalue weighted by molar-refractivity contribution is 0.0768. The topological polar surface area (TPSA) is 56.2 Å². The van der Waals surface area contributed by atoms with Gasteiger partial charge >= 0.3 is 0 Å². The van der Waals surface area contributed by atoms with E-state index in [4.69, 9.17) is 9.72 Å². The normalized spacial score (nSPS) is 19.1. The molecule has 40 heavy (non-hydrogen) atoms. The first-order chi connectivity index (χ1) is 19.2. The summed E-state index contributed by atoms with van der Waals surface area (Å²) in [6, 6.07) is 9.03. The largest absolute Gasteiger partial charge is 0.422 e. The van der Waals surface area contributed by atoms with Crippen molar-refractivity contribution >= 4 is 17.3 Å². The number of anilines is 1. The van der Waals surface area contributed by atoms with Crippen LogP contribution in [0.3, 0.4) is 0 Å². The Morgan fingerprint density at radius 1 is 1.07 bits per heavy atom. The molecule has 3 heterocycles. The molecule has 1 aromatic heterocycles. The molecule has 0 amide bonds. The predicted molar refractivity (Wildman–Crippen MR) is 158 cm³/mol. The first-order valence-corrected chi connectivity index (χ1v) is 14.2. The maximum Gasteiger partial charge on any atom is 0.242 e. The minimum Gasteiger partial charge on any atom is -0.422 e. The van der Waals surface area contributed by atoms with Crippen molar-refractivity contribution < 1.29 is 13.5 Å². The van der Waals surface area contributed by atoms with Crippen molar-refractivity contribution in [1.82, 2.24) is 20.1 Å². The number of hydrogen-bond donors (Lipinski definition) is 1. The van der Waals surface area contributed by atoms with Gasteiger partial charge in [0, 0.05) is 69.7 Å². The fraction of sp³-hybridized carbons (Fsp3) is 0.484. The predicted octanol–water partition coefficient (Wildman–Crippen LogP) is 5.18. The summed E-state index contributed by atoms with van der Waals surface area (Å²) in [5.41, 5.74) is 4.17. The molecule has 1 N–H and O–H groups in total. The van der Waals surface area contributed by atoms with Gasteiger partial charge in [-0.15, -0.1) is 0 Å². The number of piperidine rings is 1. The smallest absolute Gasteiger partial charge is 0.242 e. The van der Waals surface area contributed by atoms with Crippen LogP contribution in [0.2, 0.25) is 0 Å². The van der Waals surface area contributed by atoms with Crippen LogP contribution >= 0.6 is 0 Å². The van der Waals surface area contributed by atoms with Crippen molar-refractivity contribution in [2.75, 3.05) is 51.2 Å². The van der Waals surface area contributed by atoms with Crippen LogP contribution in [0.25, 0.3) is 5.70 Å². The van der Waals surface area contributed by atoms with Crippen LogP contribution in [-0.2, 0) is 4.74 Å². The molecular weight excluding hydrogens is 510 g/mol. The van der Waals surface area contributed by atoms with Gasteiger partial charge in [-0.25, -0.2) is 13.8 Å². The highest BCUT2D eigenvalue weighted by molar-refractivity contribution is 5.93. The second-order valence-corrected chi connectivity index (χ2v) is 10.4. The van der Waals surface area contributed by atoms with E-state index in [1.165, 1.54) is 12.1 Å². The Bertz CT molecular complexity index is 1240. The van der Waals surface area contributed by atoms with E-state index in [2.05, 4.69) is 51.2 Å². The maximum absolute atomic E-state index is 13.8. The molecule has 216 valence electrons. The van der Waals surface area contributed by atoms with Crippen molar-refractivity contribution in [3.05, 3.63) is 78.0 Å². The van der Waals surface area contributed by atoms with Gasteiger partial charge < -0.3 is 19.9 Å². The number of piperazine rings is 1. The summed E-state index contributed by atoms with van der Waals surface area (Å²) < 4.78 is 32.9. The Kier molecular flexibility index (Phi) is 9.79. The third kappa shape index (κ3) is 6.63. The first-order valence-electron chi connectivity index (χ1n) is 14.2. The molecule has 0 unspecified atom stereocenters. The Hall–Kier alpha value is -3.46. The highest BCUT2D eigenvalue weighted by Gasteiger charge is 2.34. The molecule has 0 aliphatic carbocycles. The highest BCUT2D eigenvalue weighted by Crippen LogP contribution is 2.30. The van der Waals surface area contributed by atoms with Gasteiger partial charge in [0.05, 0.1) is 11.4 Å². The van der Waals surface area contributed by atoms with Gasteiger partial charge in [-0.3, -0.25) is 9.89 Å². The summed E-state index contributed by atoms with van der Waals surface area (Å²) in [4.78, 5) is 16.4. The Morgan fingerprint density at radius 2 is 1.82 bits per heavy atom. The summed E-state index contributed by atoms with van der Waals surface area (Å²) in [5.74, 6) is -0.773. The van der Waals surface area contributed by atoms with Gasteiger partial charge in [-0.1, -0.05) is 13.5 Å². The van der Waals surface area contributed by atoms with E-state index in [1.54, 1.807) is 13.1 Å². The van der Waals surface area contributed by atoms with Crippen LogP contribution in [0.15, 0.2) is 54.4 Å². The zero-order valence-electron chi connectivity index (χ0n) is 24.2. The molecule has 7 nitrogen and oxygen atoms in total. The zero-order valence-corrected chi connectivity index (χ0v) is 24.2. The van der Waals surface area contributed by atoms with E-state index in [0.29, 0.717) is 35.1 Å². The Balaban J connectivity index is 1.36. The van der Waals surface area contributed by atoms with Gasteiger partial charge in [0.25, 0.3) is 0 Å². The molecule has 1 atom stereocenters. The molecule has 2 aliphatic heterocycles. The average Bonchev–Trinajstić information content (AvgIpc) is 2.97. The average molecular weight is 553 g/mol. The van der Waals surface area contributed by atoms with Gasteiger partial charge in [0.15, 0.2) is 17.5 Å². The molecule has 4 rings (SSSR count). The highest BCUT2D eigenvalue weighted by atomic mass is 19.2. The number of aliphatic imine (C=N–C) groups is 1. The maximum atomic E-state index is 13.8. The van der Waals surface area contributed by atoms with Crippen molar-refractivity contribution in [3.8, 4) is 0 Å². The molecule has 1 aromatic carbocycles. The molecule has 2 aliphatic rings. The van der Waals surface area contributed by atoms with Crippen molar-refractivity contribution in [1.29, 1.82) is 0 Å². The first kappa shape index (κ1) is 29.5. The summed E-state index contributed by atoms with van der Waals surface area (Å²) in [6.07, 6.45) is 3.10. The monoisotopic (exact) mass is 552 g/mol. The van der Waals surface area contributed by atoms with Crippen LogP contribution in [0, 0.1) is 18.6 Å². The number of benzene rings is 1. The Morgan fingerprint density at radius 3 is 2.45 bits per heavy atom. The third-order valence-corrected chi connectivity index (χ3v) is 7.98. The molecule has 2 fully saturated rings. The van der Waals surface area contributed by atoms with Crippen LogP contribution in [0.5, 0.6) is 0 Å². The molecular formula is C31H42F2N6O. The molecule has 9 heteroatoms. The van der Waals surface area contributed by atoms with Crippen molar-refractivity contribution in [3.63, 3.8) is 0 Å². The standard InChI is InChI=1S/C31H42F2N6O/c1-7-25-20-38(30-12-11-29(36-21(30)3)31(34-6)40-23(5)35-8-2)17-18-39(25)26-13-15-37(16-14-26)22(4)24-9-10-27(32)28(33)19-24/h9-12,19,25-26,35H,4-5,7-8,13-18,20H2,1-3,6H3/t25-/m0/s1. The second-order valence-electron chi connectivity index (χ2n) is 10.4. The fourth-order valence-corrected chi connectivity index (χ4v) is 5.83. The number of ether oxygens (including phenoxy) is 1. The number of aromatic nitrogens is 1. The van der Waals surface area contributed by atoms with Crippen LogP contribution in [-0.4, -0.2) is 79.1 Å². The fourth-order valence-electron chi connectivity index (χ4n) is 5.83. The third-order valence-electron chi connectivity index (χ3n) is 7.98. The quantitative estimate of drug-likeness (QED) is 0.263. The number of pyridine rings is 1. The van der Waals surface area contributed by atoms with Crippen molar-refractivity contribution in [2.24, 2.45) is 4.99 Å². The second kappa shape index (κ2) is 13.3. The van der Waals surface area contributed by atoms with Gasteiger partial charge in [-0.05, 0) is 70.0 Å². The SMILES string of the molecule is C=C(NCC)OC(=NC)c1ccc(N2CCN(C3CCN(C(=C)c4ccc(F)c(F)c4)CC3)[C@@H](CC)C2)c(C)n1. The molecule has 0 bridgehead atoms. The van der Waals surface area contributed by atoms with Crippen LogP contribution in [0.1, 0.15) is 50.1 Å². The van der Waals surface area contributed by atoms with E-state index >= 15 is 0 Å². The van der Waals surface area contributed by atoms with E-state index in [1.807, 2.05) is 19.9 Å². The molecule has 0 spiro atoms.